The number of hydrogen-bond donors (Lipinski definition) is 1. The minimum atomic E-state index is 0.364. The molecule has 2 aromatic heterocycles. The van der Waals surface area contributed by atoms with E-state index in [-0.39, 0.29) is 0 Å². The number of methoxy groups -OCH3 is 1. The summed E-state index contributed by atoms with van der Waals surface area (Å²) in [6, 6.07) is 8.61. The lowest BCUT2D eigenvalue weighted by Gasteiger charge is -2.37. The van der Waals surface area contributed by atoms with E-state index in [0.29, 0.717) is 11.2 Å². The smallest absolute Gasteiger partial charge is 0.121 e. The highest BCUT2D eigenvalue weighted by Gasteiger charge is 2.34. The molecule has 0 unspecified atom stereocenters. The highest BCUT2D eigenvalue weighted by Crippen LogP contribution is 2.48. The summed E-state index contributed by atoms with van der Waals surface area (Å²) in [5, 5.41) is 1.86. The van der Waals surface area contributed by atoms with Crippen LogP contribution in [0.1, 0.15) is 36.6 Å². The maximum atomic E-state index is 6.56. The molecule has 0 atom stereocenters. The van der Waals surface area contributed by atoms with Crippen LogP contribution in [0.15, 0.2) is 37.0 Å². The molecule has 0 bridgehead atoms. The van der Waals surface area contributed by atoms with Gasteiger partial charge in [-0.25, -0.2) is 0 Å². The van der Waals surface area contributed by atoms with Crippen molar-refractivity contribution in [3.05, 3.63) is 52.5 Å². The third-order valence-electron chi connectivity index (χ3n) is 5.24. The summed E-state index contributed by atoms with van der Waals surface area (Å²) in [5.74, 6) is 0.656. The van der Waals surface area contributed by atoms with Crippen LogP contribution in [0.25, 0.3) is 27.1 Å². The molecule has 4 heteroatoms. The number of benzene rings is 1. The summed E-state index contributed by atoms with van der Waals surface area (Å²) in [6.07, 6.45) is 5.83. The molecule has 24 heavy (non-hydrogen) atoms. The molecule has 4 rings (SSSR count). The van der Waals surface area contributed by atoms with Gasteiger partial charge < -0.3 is 9.72 Å². The molecule has 0 saturated heterocycles. The van der Waals surface area contributed by atoms with Crippen molar-refractivity contribution in [2.24, 2.45) is 0 Å². The number of halogens is 1. The molecule has 0 amide bonds. The number of nitrogens with one attached hydrogen (secondary N) is 1. The standard InChI is InChI=1S/C20H20ClNOS/c1-12(23-3)15-11-22-17-10-16(21)14(9-13(15)17)18-5-6-19(24-18)20(2)7-4-8-20/h5-6,9-11,22H,1,4,7-8H2,2-3H3. The second-order valence-electron chi connectivity index (χ2n) is 6.79. The molecular formula is C20H20ClNOS. The second-order valence-corrected chi connectivity index (χ2v) is 8.28. The predicted molar refractivity (Wildman–Crippen MR) is 104 cm³/mol. The molecule has 1 fully saturated rings. The normalized spacial score (nSPS) is 16.1. The number of ether oxygens (including phenoxy) is 1. The van der Waals surface area contributed by atoms with Gasteiger partial charge in [0.2, 0.25) is 0 Å². The Balaban J connectivity index is 1.81. The van der Waals surface area contributed by atoms with Gasteiger partial charge in [0, 0.05) is 43.4 Å². The molecule has 0 radical (unpaired) electrons. The second kappa shape index (κ2) is 5.68. The van der Waals surface area contributed by atoms with Crippen molar-refractivity contribution < 1.29 is 4.74 Å². The lowest BCUT2D eigenvalue weighted by Crippen LogP contribution is -2.28. The zero-order valence-corrected chi connectivity index (χ0v) is 15.5. The average molecular weight is 358 g/mol. The van der Waals surface area contributed by atoms with Crippen LogP contribution in [0.3, 0.4) is 0 Å². The Kier molecular flexibility index (Phi) is 3.74. The molecule has 124 valence electrons. The molecular weight excluding hydrogens is 338 g/mol. The van der Waals surface area contributed by atoms with E-state index in [4.69, 9.17) is 16.3 Å². The van der Waals surface area contributed by atoms with Gasteiger partial charge in [0.25, 0.3) is 0 Å². The minimum Gasteiger partial charge on any atom is -0.497 e. The summed E-state index contributed by atoms with van der Waals surface area (Å²) < 4.78 is 5.30. The Bertz CT molecular complexity index is 932. The van der Waals surface area contributed by atoms with E-state index in [2.05, 4.69) is 36.7 Å². The Labute approximate surface area is 151 Å². The first-order chi connectivity index (χ1) is 11.5. The fraction of sp³-hybridized carbons (Fsp3) is 0.300. The third-order valence-corrected chi connectivity index (χ3v) is 6.98. The van der Waals surface area contributed by atoms with Crippen LogP contribution in [0.4, 0.5) is 0 Å². The van der Waals surface area contributed by atoms with Crippen LogP contribution in [0, 0.1) is 0 Å². The van der Waals surface area contributed by atoms with Crippen molar-refractivity contribution in [3.63, 3.8) is 0 Å². The topological polar surface area (TPSA) is 25.0 Å². The van der Waals surface area contributed by atoms with Crippen molar-refractivity contribution >= 4 is 39.6 Å². The number of thiophene rings is 1. The zero-order valence-electron chi connectivity index (χ0n) is 13.9. The fourth-order valence-electron chi connectivity index (χ4n) is 3.43. The van der Waals surface area contributed by atoms with Gasteiger partial charge in [-0.15, -0.1) is 11.3 Å². The van der Waals surface area contributed by atoms with Gasteiger partial charge in [-0.05, 0) is 37.1 Å². The monoisotopic (exact) mass is 357 g/mol. The number of fused-ring (bicyclic) bond motifs is 1. The van der Waals surface area contributed by atoms with Crippen LogP contribution in [-0.4, -0.2) is 12.1 Å². The predicted octanol–water partition coefficient (Wildman–Crippen LogP) is 6.61. The van der Waals surface area contributed by atoms with Crippen LogP contribution >= 0.6 is 22.9 Å². The van der Waals surface area contributed by atoms with Crippen molar-refractivity contribution in [3.8, 4) is 10.4 Å². The first-order valence-corrected chi connectivity index (χ1v) is 9.36. The molecule has 2 nitrogen and oxygen atoms in total. The third kappa shape index (κ3) is 2.38. The van der Waals surface area contributed by atoms with Gasteiger partial charge in [-0.1, -0.05) is 31.5 Å². The van der Waals surface area contributed by atoms with Crippen molar-refractivity contribution in [2.45, 2.75) is 31.6 Å². The number of hydrogen-bond acceptors (Lipinski definition) is 2. The Morgan fingerprint density at radius 1 is 1.33 bits per heavy atom. The van der Waals surface area contributed by atoms with Gasteiger partial charge in [0.05, 0.1) is 12.1 Å². The van der Waals surface area contributed by atoms with Crippen LogP contribution in [-0.2, 0) is 10.2 Å². The summed E-state index contributed by atoms with van der Waals surface area (Å²) in [5.41, 5.74) is 3.42. The molecule has 1 saturated carbocycles. The molecule has 1 N–H and O–H groups in total. The SMILES string of the molecule is C=C(OC)c1c[nH]c2cc(Cl)c(-c3ccc(C4(C)CCC4)s3)cc12. The van der Waals surface area contributed by atoms with E-state index in [1.807, 2.05) is 23.6 Å². The maximum Gasteiger partial charge on any atom is 0.121 e. The van der Waals surface area contributed by atoms with Gasteiger partial charge in [0.1, 0.15) is 5.76 Å². The minimum absolute atomic E-state index is 0.364. The highest BCUT2D eigenvalue weighted by molar-refractivity contribution is 7.15. The highest BCUT2D eigenvalue weighted by atomic mass is 35.5. The average Bonchev–Trinajstić information content (AvgIpc) is 3.17. The first kappa shape index (κ1) is 15.8. The molecule has 0 spiro atoms. The summed E-state index contributed by atoms with van der Waals surface area (Å²) in [6.45, 7) is 6.34. The number of H-pyrrole nitrogens is 1. The molecule has 1 aliphatic carbocycles. The van der Waals surface area contributed by atoms with E-state index >= 15 is 0 Å². The largest absolute Gasteiger partial charge is 0.497 e. The lowest BCUT2D eigenvalue weighted by atomic mass is 9.69. The van der Waals surface area contributed by atoms with Gasteiger partial charge in [0.15, 0.2) is 0 Å². The Morgan fingerprint density at radius 2 is 2.12 bits per heavy atom. The van der Waals surface area contributed by atoms with Crippen LogP contribution in [0.2, 0.25) is 5.02 Å². The van der Waals surface area contributed by atoms with Gasteiger partial charge in [-0.2, -0.15) is 0 Å². The lowest BCUT2D eigenvalue weighted by molar-refractivity contribution is 0.278. The quantitative estimate of drug-likeness (QED) is 0.522. The summed E-state index contributed by atoms with van der Waals surface area (Å²) >= 11 is 8.43. The molecule has 2 heterocycles. The van der Waals surface area contributed by atoms with Crippen LogP contribution < -0.4 is 0 Å². The first-order valence-electron chi connectivity index (χ1n) is 8.16. The van der Waals surface area contributed by atoms with Crippen molar-refractivity contribution in [2.75, 3.05) is 7.11 Å². The molecule has 3 aromatic rings. The molecule has 0 aliphatic heterocycles. The Morgan fingerprint density at radius 3 is 2.79 bits per heavy atom. The van der Waals surface area contributed by atoms with E-state index in [1.54, 1.807) is 7.11 Å². The Hall–Kier alpha value is -1.71. The summed E-state index contributed by atoms with van der Waals surface area (Å²) in [4.78, 5) is 5.94. The number of aromatic amines is 1. The van der Waals surface area contributed by atoms with E-state index < -0.39 is 0 Å². The van der Waals surface area contributed by atoms with Gasteiger partial charge >= 0.3 is 0 Å². The fourth-order valence-corrected chi connectivity index (χ4v) is 4.99. The van der Waals surface area contributed by atoms with E-state index in [1.165, 1.54) is 29.0 Å². The van der Waals surface area contributed by atoms with Crippen LogP contribution in [0.5, 0.6) is 0 Å². The molecule has 1 aromatic carbocycles. The van der Waals surface area contributed by atoms with E-state index in [9.17, 15) is 0 Å². The van der Waals surface area contributed by atoms with E-state index in [0.717, 1.165) is 27.1 Å². The maximum absolute atomic E-state index is 6.56. The summed E-state index contributed by atoms with van der Waals surface area (Å²) in [7, 11) is 1.64. The zero-order chi connectivity index (χ0) is 16.9. The number of rotatable bonds is 4. The number of aromatic nitrogens is 1. The van der Waals surface area contributed by atoms with Gasteiger partial charge in [-0.3, -0.25) is 0 Å². The van der Waals surface area contributed by atoms with Crippen molar-refractivity contribution in [1.82, 2.24) is 4.98 Å². The van der Waals surface area contributed by atoms with Crippen molar-refractivity contribution in [1.29, 1.82) is 0 Å². The molecule has 1 aliphatic rings.